The van der Waals surface area contributed by atoms with Crippen molar-refractivity contribution in [2.45, 2.75) is 84.0 Å². The number of carbonyl (C=O) groups excluding carboxylic acids is 2. The van der Waals surface area contributed by atoms with Gasteiger partial charge in [-0.2, -0.15) is 0 Å². The van der Waals surface area contributed by atoms with Crippen molar-refractivity contribution >= 4 is 17.8 Å². The monoisotopic (exact) mass is 342 g/mol. The molecule has 0 aromatic heterocycles. The van der Waals surface area contributed by atoms with Gasteiger partial charge in [0.2, 0.25) is 11.8 Å². The van der Waals surface area contributed by atoms with Crippen LogP contribution in [-0.2, 0) is 14.4 Å². The lowest BCUT2D eigenvalue weighted by Crippen LogP contribution is -2.25. The lowest BCUT2D eigenvalue weighted by Gasteiger charge is -2.04. The largest absolute Gasteiger partial charge is 0.481 e. The summed E-state index contributed by atoms with van der Waals surface area (Å²) in [5.41, 5.74) is 0. The van der Waals surface area contributed by atoms with E-state index in [9.17, 15) is 14.4 Å². The van der Waals surface area contributed by atoms with Gasteiger partial charge in [-0.25, -0.2) is 0 Å². The van der Waals surface area contributed by atoms with Crippen molar-refractivity contribution < 1.29 is 19.5 Å². The van der Waals surface area contributed by atoms with E-state index in [4.69, 9.17) is 5.11 Å². The van der Waals surface area contributed by atoms with Crippen molar-refractivity contribution in [2.24, 2.45) is 0 Å². The fourth-order valence-corrected chi connectivity index (χ4v) is 2.49. The smallest absolute Gasteiger partial charge is 0.305 e. The van der Waals surface area contributed by atoms with Gasteiger partial charge in [0.25, 0.3) is 0 Å². The number of hydrogen-bond acceptors (Lipinski definition) is 3. The number of carboxylic acids is 1. The Kier molecular flexibility index (Phi) is 15.2. The Morgan fingerprint density at radius 2 is 1.08 bits per heavy atom. The molecule has 0 aliphatic rings. The van der Waals surface area contributed by atoms with Gasteiger partial charge in [0.15, 0.2) is 0 Å². The second-order valence-corrected chi connectivity index (χ2v) is 6.13. The van der Waals surface area contributed by atoms with E-state index in [0.717, 1.165) is 32.1 Å². The maximum Gasteiger partial charge on any atom is 0.305 e. The zero-order valence-electron chi connectivity index (χ0n) is 15.1. The summed E-state index contributed by atoms with van der Waals surface area (Å²) in [6.07, 6.45) is 11.1. The lowest BCUT2D eigenvalue weighted by molar-refractivity contribution is -0.137. The number of unbranched alkanes of at least 4 members (excludes halogenated alkanes) is 8. The molecule has 0 aromatic carbocycles. The van der Waals surface area contributed by atoms with E-state index >= 15 is 0 Å². The number of rotatable bonds is 16. The molecule has 0 aliphatic heterocycles. The number of aliphatic carboxylic acids is 1. The average molecular weight is 342 g/mol. The molecule has 0 unspecified atom stereocenters. The zero-order valence-corrected chi connectivity index (χ0v) is 15.1. The number of hydrogen-bond donors (Lipinski definition) is 3. The molecule has 0 spiro atoms. The third-order valence-corrected chi connectivity index (χ3v) is 3.84. The van der Waals surface area contributed by atoms with Crippen LogP contribution in [0, 0.1) is 0 Å². The van der Waals surface area contributed by atoms with Gasteiger partial charge in [0.1, 0.15) is 0 Å². The molecular weight excluding hydrogens is 308 g/mol. The fraction of sp³-hybridized carbons (Fsp3) is 0.833. The van der Waals surface area contributed by atoms with Gasteiger partial charge >= 0.3 is 5.97 Å². The first-order valence-corrected chi connectivity index (χ1v) is 9.31. The molecule has 140 valence electrons. The normalized spacial score (nSPS) is 10.4. The molecule has 6 heteroatoms. The highest BCUT2D eigenvalue weighted by atomic mass is 16.4. The summed E-state index contributed by atoms with van der Waals surface area (Å²) in [4.78, 5) is 33.0. The maximum atomic E-state index is 11.4. The van der Waals surface area contributed by atoms with Crippen LogP contribution in [0.4, 0.5) is 0 Å². The molecule has 24 heavy (non-hydrogen) atoms. The van der Waals surface area contributed by atoms with Crippen molar-refractivity contribution in [1.82, 2.24) is 10.6 Å². The van der Waals surface area contributed by atoms with Crippen LogP contribution in [0.1, 0.15) is 84.0 Å². The molecule has 0 atom stereocenters. The first kappa shape index (κ1) is 22.4. The highest BCUT2D eigenvalue weighted by Crippen LogP contribution is 2.11. The standard InChI is InChI=1S/C18H34N2O4/c1-2-19-16(21)12-10-8-6-4-3-5-7-9-11-13-17(22)20-15-14-18(23)24/h2-15H2,1H3,(H,19,21)(H,20,22)(H,23,24). The number of carboxylic acid groups (broad SMARTS) is 1. The number of amides is 2. The molecule has 0 fully saturated rings. The lowest BCUT2D eigenvalue weighted by atomic mass is 10.1. The predicted molar refractivity (Wildman–Crippen MR) is 94.7 cm³/mol. The van der Waals surface area contributed by atoms with Crippen LogP contribution in [0.3, 0.4) is 0 Å². The van der Waals surface area contributed by atoms with E-state index in [0.29, 0.717) is 19.4 Å². The Balaban J connectivity index is 3.21. The van der Waals surface area contributed by atoms with Crippen LogP contribution in [-0.4, -0.2) is 36.0 Å². The summed E-state index contributed by atoms with van der Waals surface area (Å²) in [5, 5.41) is 13.9. The molecule has 0 rings (SSSR count). The van der Waals surface area contributed by atoms with Gasteiger partial charge in [-0.15, -0.1) is 0 Å². The Labute approximate surface area is 145 Å². The molecule has 0 saturated carbocycles. The second kappa shape index (κ2) is 16.3. The predicted octanol–water partition coefficient (Wildman–Crippen LogP) is 3.00. The molecular formula is C18H34N2O4. The quantitative estimate of drug-likeness (QED) is 0.376. The minimum absolute atomic E-state index is 0.0188. The van der Waals surface area contributed by atoms with Crippen molar-refractivity contribution in [1.29, 1.82) is 0 Å². The van der Waals surface area contributed by atoms with Gasteiger partial charge in [-0.3, -0.25) is 14.4 Å². The fourth-order valence-electron chi connectivity index (χ4n) is 2.49. The molecule has 6 nitrogen and oxygen atoms in total. The maximum absolute atomic E-state index is 11.4. The van der Waals surface area contributed by atoms with Crippen molar-refractivity contribution in [3.8, 4) is 0 Å². The molecule has 0 heterocycles. The summed E-state index contributed by atoms with van der Waals surface area (Å²) in [5.74, 6) is -0.785. The molecule has 0 aliphatic carbocycles. The minimum Gasteiger partial charge on any atom is -0.481 e. The van der Waals surface area contributed by atoms with Gasteiger partial charge in [0, 0.05) is 25.9 Å². The zero-order chi connectivity index (χ0) is 18.0. The summed E-state index contributed by atoms with van der Waals surface area (Å²) in [7, 11) is 0. The minimum atomic E-state index is -0.889. The van der Waals surface area contributed by atoms with Crippen LogP contribution in [0.15, 0.2) is 0 Å². The van der Waals surface area contributed by atoms with E-state index in [1.54, 1.807) is 0 Å². The first-order chi connectivity index (χ1) is 11.6. The van der Waals surface area contributed by atoms with Crippen molar-refractivity contribution in [3.63, 3.8) is 0 Å². The van der Waals surface area contributed by atoms with Crippen LogP contribution in [0.25, 0.3) is 0 Å². The van der Waals surface area contributed by atoms with Crippen LogP contribution in [0.2, 0.25) is 0 Å². The molecule has 0 saturated heterocycles. The van der Waals surface area contributed by atoms with Crippen LogP contribution >= 0.6 is 0 Å². The Bertz CT molecular complexity index is 359. The summed E-state index contributed by atoms with van der Waals surface area (Å²) in [6.45, 7) is 2.86. The van der Waals surface area contributed by atoms with Crippen molar-refractivity contribution in [2.75, 3.05) is 13.1 Å². The molecule has 0 aromatic rings. The summed E-state index contributed by atoms with van der Waals surface area (Å²) >= 11 is 0. The number of carbonyl (C=O) groups is 3. The first-order valence-electron chi connectivity index (χ1n) is 9.31. The van der Waals surface area contributed by atoms with Gasteiger partial charge in [-0.05, 0) is 19.8 Å². The molecule has 3 N–H and O–H groups in total. The average Bonchev–Trinajstić information content (AvgIpc) is 2.52. The van der Waals surface area contributed by atoms with Gasteiger partial charge < -0.3 is 15.7 Å². The van der Waals surface area contributed by atoms with E-state index in [2.05, 4.69) is 10.6 Å². The number of nitrogens with one attached hydrogen (secondary N) is 2. The Hall–Kier alpha value is -1.59. The SMILES string of the molecule is CCNC(=O)CCCCCCCCCCCC(=O)NCCC(=O)O. The molecule has 0 radical (unpaired) electrons. The van der Waals surface area contributed by atoms with Crippen LogP contribution in [0.5, 0.6) is 0 Å². The van der Waals surface area contributed by atoms with Gasteiger partial charge in [-0.1, -0.05) is 44.9 Å². The Morgan fingerprint density at radius 3 is 1.50 bits per heavy atom. The van der Waals surface area contributed by atoms with Crippen molar-refractivity contribution in [3.05, 3.63) is 0 Å². The van der Waals surface area contributed by atoms with Crippen LogP contribution < -0.4 is 10.6 Å². The third-order valence-electron chi connectivity index (χ3n) is 3.84. The highest BCUT2D eigenvalue weighted by Gasteiger charge is 2.02. The van der Waals surface area contributed by atoms with Gasteiger partial charge in [0.05, 0.1) is 6.42 Å². The third kappa shape index (κ3) is 16.8. The highest BCUT2D eigenvalue weighted by molar-refractivity contribution is 5.76. The van der Waals surface area contributed by atoms with E-state index < -0.39 is 5.97 Å². The van der Waals surface area contributed by atoms with E-state index in [-0.39, 0.29) is 24.8 Å². The van der Waals surface area contributed by atoms with E-state index in [1.807, 2.05) is 6.92 Å². The summed E-state index contributed by atoms with van der Waals surface area (Å²) in [6, 6.07) is 0. The topological polar surface area (TPSA) is 95.5 Å². The summed E-state index contributed by atoms with van der Waals surface area (Å²) < 4.78 is 0. The molecule has 2 amide bonds. The Morgan fingerprint density at radius 1 is 0.667 bits per heavy atom. The molecule has 0 bridgehead atoms. The second-order valence-electron chi connectivity index (χ2n) is 6.13. The van der Waals surface area contributed by atoms with E-state index in [1.165, 1.54) is 25.7 Å².